The van der Waals surface area contributed by atoms with Gasteiger partial charge < -0.3 is 10.1 Å². The van der Waals surface area contributed by atoms with Crippen LogP contribution in [0.5, 0.6) is 0 Å². The van der Waals surface area contributed by atoms with Gasteiger partial charge >= 0.3 is 12.1 Å². The molecule has 3 rings (SSSR count). The summed E-state index contributed by atoms with van der Waals surface area (Å²) < 4.78 is 37.4. The minimum Gasteiger partial charge on any atom is -0.411 e. The monoisotopic (exact) mass is 298 g/mol. The zero-order valence-electron chi connectivity index (χ0n) is 11.0. The van der Waals surface area contributed by atoms with Gasteiger partial charge in [0.15, 0.2) is 0 Å². The van der Waals surface area contributed by atoms with E-state index in [-0.39, 0.29) is 24.4 Å². The highest BCUT2D eigenvalue weighted by molar-refractivity contribution is 5.83. The largest absolute Gasteiger partial charge is 0.471 e. The number of likely N-dealkylation sites (tertiary alicyclic amines) is 1. The number of hydrogen-bond acceptors (Lipinski definition) is 3. The van der Waals surface area contributed by atoms with E-state index < -0.39 is 12.1 Å². The molecule has 1 aliphatic carbocycles. The van der Waals surface area contributed by atoms with Crippen LogP contribution in [0.1, 0.15) is 17.5 Å². The van der Waals surface area contributed by atoms with Crippen LogP contribution in [0.15, 0.2) is 29.4 Å². The third-order valence-electron chi connectivity index (χ3n) is 4.37. The molecule has 2 fully saturated rings. The van der Waals surface area contributed by atoms with Gasteiger partial charge in [-0.1, -0.05) is 29.4 Å². The highest BCUT2D eigenvalue weighted by atomic mass is 19.4. The van der Waals surface area contributed by atoms with E-state index in [1.165, 1.54) is 6.21 Å². The molecule has 0 bridgehead atoms. The smallest absolute Gasteiger partial charge is 0.411 e. The fraction of sp³-hybridized carbons (Fsp3) is 0.429. The maximum absolute atomic E-state index is 12.5. The van der Waals surface area contributed by atoms with Gasteiger partial charge in [-0.3, -0.25) is 4.79 Å². The molecule has 112 valence electrons. The topological polar surface area (TPSA) is 52.9 Å². The molecule has 7 heteroatoms. The Morgan fingerprint density at radius 2 is 2.05 bits per heavy atom. The molecular formula is C14H13F3N2O2. The van der Waals surface area contributed by atoms with Crippen LogP contribution in [0, 0.1) is 5.92 Å². The number of alkyl halides is 3. The van der Waals surface area contributed by atoms with Crippen molar-refractivity contribution >= 4 is 12.1 Å². The summed E-state index contributed by atoms with van der Waals surface area (Å²) in [5.74, 6) is -1.65. The summed E-state index contributed by atoms with van der Waals surface area (Å²) in [7, 11) is 0. The van der Waals surface area contributed by atoms with Gasteiger partial charge in [-0.2, -0.15) is 13.2 Å². The predicted molar refractivity (Wildman–Crippen MR) is 68.2 cm³/mol. The van der Waals surface area contributed by atoms with Crippen molar-refractivity contribution in [1.29, 1.82) is 0 Å². The first-order chi connectivity index (χ1) is 9.87. The molecule has 1 heterocycles. The minimum atomic E-state index is -4.81. The third-order valence-corrected chi connectivity index (χ3v) is 4.37. The van der Waals surface area contributed by atoms with Crippen molar-refractivity contribution < 1.29 is 23.2 Å². The van der Waals surface area contributed by atoms with Crippen LogP contribution in [0.2, 0.25) is 0 Å². The van der Waals surface area contributed by atoms with E-state index in [1.54, 1.807) is 12.1 Å². The lowest BCUT2D eigenvalue weighted by Crippen LogP contribution is -2.41. The van der Waals surface area contributed by atoms with Gasteiger partial charge in [-0.25, -0.2) is 0 Å². The van der Waals surface area contributed by atoms with Crippen LogP contribution < -0.4 is 0 Å². The van der Waals surface area contributed by atoms with Crippen molar-refractivity contribution in [3.05, 3.63) is 35.4 Å². The Bertz CT molecular complexity index is 597. The molecule has 0 radical (unpaired) electrons. The zero-order chi connectivity index (χ0) is 15.3. The van der Waals surface area contributed by atoms with Crippen molar-refractivity contribution in [2.24, 2.45) is 11.1 Å². The maximum atomic E-state index is 12.5. The van der Waals surface area contributed by atoms with E-state index in [9.17, 15) is 18.0 Å². The third kappa shape index (κ3) is 2.26. The van der Waals surface area contributed by atoms with Gasteiger partial charge in [-0.05, 0) is 23.5 Å². The van der Waals surface area contributed by atoms with E-state index in [0.717, 1.165) is 16.9 Å². The Morgan fingerprint density at radius 1 is 1.38 bits per heavy atom. The molecule has 1 aromatic carbocycles. The number of rotatable bonds is 2. The lowest BCUT2D eigenvalue weighted by atomic mass is 9.94. The number of fused-ring (bicyclic) bond motifs is 1. The molecule has 21 heavy (non-hydrogen) atoms. The second-order valence-corrected chi connectivity index (χ2v) is 5.61. The van der Waals surface area contributed by atoms with Crippen LogP contribution in [-0.4, -0.2) is 41.5 Å². The van der Waals surface area contributed by atoms with Crippen LogP contribution >= 0.6 is 0 Å². The number of carbonyl (C=O) groups is 1. The Kier molecular flexibility index (Phi) is 2.96. The Morgan fingerprint density at radius 3 is 2.62 bits per heavy atom. The van der Waals surface area contributed by atoms with Crippen molar-refractivity contribution in [2.45, 2.75) is 18.0 Å². The molecule has 0 spiro atoms. The highest BCUT2D eigenvalue weighted by Crippen LogP contribution is 2.59. The van der Waals surface area contributed by atoms with Gasteiger partial charge in [0.2, 0.25) is 0 Å². The van der Waals surface area contributed by atoms with E-state index in [0.29, 0.717) is 5.56 Å². The number of carbonyl (C=O) groups excluding carboxylic acids is 1. The van der Waals surface area contributed by atoms with Gasteiger partial charge in [0, 0.05) is 18.5 Å². The first kappa shape index (κ1) is 13.9. The fourth-order valence-electron chi connectivity index (χ4n) is 3.23. The first-order valence-electron chi connectivity index (χ1n) is 6.51. The summed E-state index contributed by atoms with van der Waals surface area (Å²) in [6, 6.07) is 7.12. The SMILES string of the molecule is O=C(N1C[C@H]2CC2(c2ccc(/C=N/O)cc2)C1)C(F)(F)F. The number of oxime groups is 1. The van der Waals surface area contributed by atoms with E-state index in [4.69, 9.17) is 5.21 Å². The summed E-state index contributed by atoms with van der Waals surface area (Å²) in [6.45, 7) is 0.279. The molecule has 2 aliphatic rings. The number of halogens is 3. The average Bonchev–Trinajstić information content (AvgIpc) is 3.00. The Hall–Kier alpha value is -2.05. The molecule has 1 aromatic rings. The number of piperidine rings is 1. The summed E-state index contributed by atoms with van der Waals surface area (Å²) in [6.07, 6.45) is -2.72. The highest BCUT2D eigenvalue weighted by Gasteiger charge is 2.63. The normalized spacial score (nSPS) is 28.0. The molecular weight excluding hydrogens is 285 g/mol. The number of hydrogen-bond donors (Lipinski definition) is 1. The number of nitrogens with zero attached hydrogens (tertiary/aromatic N) is 2. The van der Waals surface area contributed by atoms with Gasteiger partial charge in [-0.15, -0.1) is 0 Å². The summed E-state index contributed by atoms with van der Waals surface area (Å²) in [5.41, 5.74) is 1.30. The fourth-order valence-corrected chi connectivity index (χ4v) is 3.23. The van der Waals surface area contributed by atoms with Gasteiger partial charge in [0.05, 0.1) is 6.21 Å². The predicted octanol–water partition coefficient (Wildman–Crippen LogP) is 2.16. The number of benzene rings is 1. The Labute approximate surface area is 118 Å². The second-order valence-electron chi connectivity index (χ2n) is 5.61. The standard InChI is InChI=1S/C14H13F3N2O2/c15-14(16,17)12(20)19-7-11-5-13(11,8-19)10-3-1-9(2-4-10)6-18-21/h1-4,6,11,21H,5,7-8H2/b18-6+/t11-,13?/m1/s1. The molecule has 4 nitrogen and oxygen atoms in total. The van der Waals surface area contributed by atoms with Crippen molar-refractivity contribution in [1.82, 2.24) is 4.90 Å². The average molecular weight is 298 g/mol. The van der Waals surface area contributed by atoms with Crippen molar-refractivity contribution in [2.75, 3.05) is 13.1 Å². The molecule has 0 aromatic heterocycles. The van der Waals surface area contributed by atoms with Crippen LogP contribution in [0.25, 0.3) is 0 Å². The van der Waals surface area contributed by atoms with Gasteiger partial charge in [0.1, 0.15) is 0 Å². The molecule has 1 unspecified atom stereocenters. The molecule has 1 saturated heterocycles. The zero-order valence-corrected chi connectivity index (χ0v) is 11.0. The molecule has 1 aliphatic heterocycles. The van der Waals surface area contributed by atoms with Crippen LogP contribution in [-0.2, 0) is 10.2 Å². The lowest BCUT2D eigenvalue weighted by molar-refractivity contribution is -0.184. The molecule has 1 saturated carbocycles. The van der Waals surface area contributed by atoms with Crippen molar-refractivity contribution in [3.8, 4) is 0 Å². The van der Waals surface area contributed by atoms with E-state index >= 15 is 0 Å². The summed E-state index contributed by atoms with van der Waals surface area (Å²) in [4.78, 5) is 12.2. The Balaban J connectivity index is 1.77. The van der Waals surface area contributed by atoms with Gasteiger partial charge in [0.25, 0.3) is 0 Å². The minimum absolute atomic E-state index is 0.0983. The number of amides is 1. The van der Waals surface area contributed by atoms with Crippen molar-refractivity contribution in [3.63, 3.8) is 0 Å². The molecule has 1 amide bonds. The first-order valence-corrected chi connectivity index (χ1v) is 6.51. The second kappa shape index (κ2) is 4.47. The maximum Gasteiger partial charge on any atom is 0.471 e. The quantitative estimate of drug-likeness (QED) is 0.517. The summed E-state index contributed by atoms with van der Waals surface area (Å²) in [5, 5.41) is 11.4. The molecule has 2 atom stereocenters. The van der Waals surface area contributed by atoms with Crippen LogP contribution in [0.4, 0.5) is 13.2 Å². The lowest BCUT2D eigenvalue weighted by Gasteiger charge is -2.22. The van der Waals surface area contributed by atoms with Crippen LogP contribution in [0.3, 0.4) is 0 Å². The summed E-state index contributed by atoms with van der Waals surface area (Å²) >= 11 is 0. The van der Waals surface area contributed by atoms with E-state index in [2.05, 4.69) is 5.16 Å². The van der Waals surface area contributed by atoms with E-state index in [1.807, 2.05) is 12.1 Å². The molecule has 1 N–H and O–H groups in total.